The van der Waals surface area contributed by atoms with Crippen molar-refractivity contribution in [3.8, 4) is 0 Å². The van der Waals surface area contributed by atoms with E-state index < -0.39 is 33.7 Å². The number of hydrogen-bond acceptors (Lipinski definition) is 5. The number of Topliss-reactive ketones (excluding diaryl/α,β-unsaturated/α-hetero) is 1. The molecule has 4 aromatic rings. The Morgan fingerprint density at radius 3 is 2.19 bits per heavy atom. The highest BCUT2D eigenvalue weighted by Crippen LogP contribution is 2.22. The molecule has 4 N–H and O–H groups in total. The van der Waals surface area contributed by atoms with Crippen molar-refractivity contribution in [3.63, 3.8) is 0 Å². The summed E-state index contributed by atoms with van der Waals surface area (Å²) in [6.07, 6.45) is 0.0721. The van der Waals surface area contributed by atoms with E-state index in [4.69, 9.17) is 5.73 Å². The monoisotopic (exact) mass is 501 g/mol. The molecule has 0 radical (unpaired) electrons. The van der Waals surface area contributed by atoms with Crippen LogP contribution in [0.4, 0.5) is 5.69 Å². The first kappa shape index (κ1) is 24.6. The molecule has 182 valence electrons. The number of primary amides is 1. The first-order valence-electron chi connectivity index (χ1n) is 11.0. The minimum atomic E-state index is -3.93. The summed E-state index contributed by atoms with van der Waals surface area (Å²) in [5, 5.41) is 4.22. The van der Waals surface area contributed by atoms with Gasteiger partial charge in [-0.25, -0.2) is 8.42 Å². The molecule has 1 unspecified atom stereocenters. The molecule has 8 nitrogen and oxygen atoms in total. The lowest BCUT2D eigenvalue weighted by Gasteiger charge is -2.17. The molecule has 0 aromatic heterocycles. The first-order valence-corrected chi connectivity index (χ1v) is 12.5. The lowest BCUT2D eigenvalue weighted by Crippen LogP contribution is -2.47. The summed E-state index contributed by atoms with van der Waals surface area (Å²) in [5.74, 6) is -2.74. The second kappa shape index (κ2) is 10.4. The zero-order valence-corrected chi connectivity index (χ0v) is 19.9. The lowest BCUT2D eigenvalue weighted by atomic mass is 10.0. The topological polar surface area (TPSA) is 135 Å². The number of nitrogens with two attached hydrogens (primary N) is 1. The van der Waals surface area contributed by atoms with E-state index in [0.29, 0.717) is 0 Å². The van der Waals surface area contributed by atoms with E-state index in [1.807, 2.05) is 24.3 Å². The average molecular weight is 502 g/mol. The molecular formula is C27H23N3O5S. The number of benzene rings is 4. The number of ketones is 1. The van der Waals surface area contributed by atoms with Crippen molar-refractivity contribution in [1.29, 1.82) is 0 Å². The van der Waals surface area contributed by atoms with Crippen LogP contribution in [0, 0.1) is 0 Å². The third kappa shape index (κ3) is 5.76. The standard InChI is InChI=1S/C27H23N3O5S/c28-26(32)25(31)24(15-18-7-2-1-3-8-18)29-27(33)21-11-6-12-22(16-21)30-36(34,35)23-14-13-19-9-4-5-10-20(19)17-23/h1-14,16-17,24,30H,15H2,(H2,28,32)(H,29,33). The van der Waals surface area contributed by atoms with Crippen LogP contribution in [0.3, 0.4) is 0 Å². The Kier molecular flexibility index (Phi) is 7.12. The largest absolute Gasteiger partial charge is 0.363 e. The van der Waals surface area contributed by atoms with Crippen molar-refractivity contribution in [1.82, 2.24) is 5.32 Å². The van der Waals surface area contributed by atoms with Crippen LogP contribution in [-0.2, 0) is 26.0 Å². The molecule has 0 aliphatic carbocycles. The quantitative estimate of drug-likeness (QED) is 0.303. The maximum absolute atomic E-state index is 13.0. The van der Waals surface area contributed by atoms with Crippen LogP contribution < -0.4 is 15.8 Å². The summed E-state index contributed by atoms with van der Waals surface area (Å²) < 4.78 is 28.4. The Bertz CT molecular complexity index is 1550. The van der Waals surface area contributed by atoms with Crippen LogP contribution in [-0.4, -0.2) is 32.1 Å². The summed E-state index contributed by atoms with van der Waals surface area (Å²) in [7, 11) is -3.93. The van der Waals surface area contributed by atoms with Crippen LogP contribution in [0.25, 0.3) is 10.8 Å². The van der Waals surface area contributed by atoms with E-state index in [-0.39, 0.29) is 22.6 Å². The van der Waals surface area contributed by atoms with Gasteiger partial charge < -0.3 is 11.1 Å². The predicted octanol–water partition coefficient (Wildman–Crippen LogP) is 3.04. The molecule has 36 heavy (non-hydrogen) atoms. The van der Waals surface area contributed by atoms with E-state index >= 15 is 0 Å². The van der Waals surface area contributed by atoms with Crippen LogP contribution in [0.5, 0.6) is 0 Å². The Labute approximate surface area is 208 Å². The maximum atomic E-state index is 13.0. The molecule has 4 rings (SSSR count). The van der Waals surface area contributed by atoms with Crippen molar-refractivity contribution >= 4 is 44.1 Å². The van der Waals surface area contributed by atoms with Gasteiger partial charge in [0.25, 0.3) is 21.8 Å². The average Bonchev–Trinajstić information content (AvgIpc) is 2.88. The van der Waals surface area contributed by atoms with Gasteiger partial charge in [0.15, 0.2) is 0 Å². The minimum absolute atomic E-state index is 0.0721. The fourth-order valence-electron chi connectivity index (χ4n) is 3.74. The third-order valence-corrected chi connectivity index (χ3v) is 6.93. The zero-order chi connectivity index (χ0) is 25.7. The molecule has 0 heterocycles. The van der Waals surface area contributed by atoms with Gasteiger partial charge in [0.2, 0.25) is 5.78 Å². The van der Waals surface area contributed by atoms with Gasteiger partial charge in [0.1, 0.15) is 6.04 Å². The number of carbonyl (C=O) groups is 3. The van der Waals surface area contributed by atoms with E-state index in [0.717, 1.165) is 16.3 Å². The van der Waals surface area contributed by atoms with Gasteiger partial charge in [-0.3, -0.25) is 19.1 Å². The van der Waals surface area contributed by atoms with Gasteiger partial charge in [-0.15, -0.1) is 0 Å². The molecule has 0 spiro atoms. The van der Waals surface area contributed by atoms with E-state index in [1.54, 1.807) is 42.5 Å². The molecule has 4 aromatic carbocycles. The normalized spacial score (nSPS) is 12.0. The Morgan fingerprint density at radius 2 is 1.47 bits per heavy atom. The number of amides is 2. The minimum Gasteiger partial charge on any atom is -0.363 e. The van der Waals surface area contributed by atoms with E-state index in [9.17, 15) is 22.8 Å². The molecular weight excluding hydrogens is 478 g/mol. The fourth-order valence-corrected chi connectivity index (χ4v) is 4.83. The summed E-state index contributed by atoms with van der Waals surface area (Å²) in [6, 6.07) is 25.7. The Morgan fingerprint density at radius 1 is 0.778 bits per heavy atom. The second-order valence-electron chi connectivity index (χ2n) is 8.14. The highest BCUT2D eigenvalue weighted by molar-refractivity contribution is 7.92. The fraction of sp³-hybridized carbons (Fsp3) is 0.0741. The van der Waals surface area contributed by atoms with Crippen molar-refractivity contribution < 1.29 is 22.8 Å². The second-order valence-corrected chi connectivity index (χ2v) is 9.82. The van der Waals surface area contributed by atoms with Gasteiger partial charge in [-0.05, 0) is 46.7 Å². The van der Waals surface area contributed by atoms with Gasteiger partial charge in [0.05, 0.1) is 4.90 Å². The molecule has 1 atom stereocenters. The molecule has 2 amide bonds. The number of nitrogens with one attached hydrogen (secondary N) is 2. The molecule has 0 fully saturated rings. The number of carbonyl (C=O) groups excluding carboxylic acids is 3. The number of rotatable bonds is 9. The van der Waals surface area contributed by atoms with Gasteiger partial charge in [0, 0.05) is 17.7 Å². The first-order chi connectivity index (χ1) is 17.2. The summed E-state index contributed by atoms with van der Waals surface area (Å²) in [5.41, 5.74) is 6.17. The molecule has 0 saturated heterocycles. The molecule has 0 aliphatic heterocycles. The Balaban J connectivity index is 1.53. The summed E-state index contributed by atoms with van der Waals surface area (Å²) in [4.78, 5) is 36.8. The van der Waals surface area contributed by atoms with Gasteiger partial charge >= 0.3 is 0 Å². The van der Waals surface area contributed by atoms with Crippen molar-refractivity contribution in [2.24, 2.45) is 5.73 Å². The van der Waals surface area contributed by atoms with Crippen LogP contribution in [0.2, 0.25) is 0 Å². The van der Waals surface area contributed by atoms with E-state index in [2.05, 4.69) is 10.0 Å². The molecule has 0 aliphatic rings. The van der Waals surface area contributed by atoms with Crippen LogP contribution >= 0.6 is 0 Å². The zero-order valence-electron chi connectivity index (χ0n) is 19.0. The van der Waals surface area contributed by atoms with Crippen molar-refractivity contribution in [2.45, 2.75) is 17.4 Å². The SMILES string of the molecule is NC(=O)C(=O)C(Cc1ccccc1)NC(=O)c1cccc(NS(=O)(=O)c2ccc3ccccc3c2)c1. The number of hydrogen-bond donors (Lipinski definition) is 3. The van der Waals surface area contributed by atoms with Crippen LogP contribution in [0.1, 0.15) is 15.9 Å². The highest BCUT2D eigenvalue weighted by atomic mass is 32.2. The van der Waals surface area contributed by atoms with E-state index in [1.165, 1.54) is 30.3 Å². The maximum Gasteiger partial charge on any atom is 0.287 e. The molecule has 0 saturated carbocycles. The van der Waals surface area contributed by atoms with Gasteiger partial charge in [-0.2, -0.15) is 0 Å². The summed E-state index contributed by atoms with van der Waals surface area (Å²) in [6.45, 7) is 0. The highest BCUT2D eigenvalue weighted by Gasteiger charge is 2.26. The Hall–Kier alpha value is -4.50. The number of sulfonamides is 1. The van der Waals surface area contributed by atoms with Gasteiger partial charge in [-0.1, -0.05) is 66.7 Å². The number of fused-ring (bicyclic) bond motifs is 1. The third-order valence-electron chi connectivity index (χ3n) is 5.56. The lowest BCUT2D eigenvalue weighted by molar-refractivity contribution is -0.137. The van der Waals surface area contributed by atoms with Crippen molar-refractivity contribution in [2.75, 3.05) is 4.72 Å². The summed E-state index contributed by atoms with van der Waals surface area (Å²) >= 11 is 0. The molecule has 9 heteroatoms. The number of anilines is 1. The molecule has 0 bridgehead atoms. The predicted molar refractivity (Wildman–Crippen MR) is 137 cm³/mol. The smallest absolute Gasteiger partial charge is 0.287 e. The van der Waals surface area contributed by atoms with Crippen molar-refractivity contribution in [3.05, 3.63) is 108 Å². The van der Waals surface area contributed by atoms with Crippen LogP contribution in [0.15, 0.2) is 102 Å².